The zero-order valence-electron chi connectivity index (χ0n) is 18.9. The smallest absolute Gasteiger partial charge is 0.238 e. The quantitative estimate of drug-likeness (QED) is 0.469. The van der Waals surface area contributed by atoms with E-state index >= 15 is 0 Å². The monoisotopic (exact) mass is 470 g/mol. The van der Waals surface area contributed by atoms with Gasteiger partial charge < -0.3 is 25.4 Å². The van der Waals surface area contributed by atoms with Gasteiger partial charge in [0.2, 0.25) is 5.91 Å². The number of β-amino-alcohol motifs (C(OH)–C–C–N with tert-alkyl or cyclic N) is 1. The van der Waals surface area contributed by atoms with Crippen molar-refractivity contribution in [1.82, 2.24) is 15.2 Å². The van der Waals surface area contributed by atoms with Crippen LogP contribution in [0, 0.1) is 11.6 Å². The summed E-state index contributed by atoms with van der Waals surface area (Å²) in [5.41, 5.74) is 1.84. The van der Waals surface area contributed by atoms with Crippen LogP contribution in [0.3, 0.4) is 0 Å². The molecule has 1 saturated heterocycles. The van der Waals surface area contributed by atoms with Gasteiger partial charge in [-0.25, -0.2) is 8.78 Å². The van der Waals surface area contributed by atoms with Gasteiger partial charge in [0.15, 0.2) is 11.6 Å². The van der Waals surface area contributed by atoms with Crippen molar-refractivity contribution in [3.05, 3.63) is 65.9 Å². The summed E-state index contributed by atoms with van der Waals surface area (Å²) in [5.74, 6) is -1.55. The largest absolute Gasteiger partial charge is 0.497 e. The molecule has 0 unspecified atom stereocenters. The third-order valence-electron chi connectivity index (χ3n) is 6.11. The number of piperidine rings is 1. The summed E-state index contributed by atoms with van der Waals surface area (Å²) in [6.45, 7) is 2.15. The molecule has 2 heterocycles. The number of benzene rings is 2. The molecule has 9 heteroatoms. The Kier molecular flexibility index (Phi) is 7.66. The Morgan fingerprint density at radius 3 is 2.71 bits per heavy atom. The van der Waals surface area contributed by atoms with Crippen molar-refractivity contribution < 1.29 is 23.4 Å². The fraction of sp³-hybridized carbons (Fsp3) is 0.360. The van der Waals surface area contributed by atoms with Crippen LogP contribution in [0.4, 0.5) is 14.5 Å². The topological polar surface area (TPSA) is 86.7 Å². The normalized spacial score (nSPS) is 15.9. The van der Waals surface area contributed by atoms with Crippen LogP contribution in [0.5, 0.6) is 5.75 Å². The highest BCUT2D eigenvalue weighted by molar-refractivity contribution is 5.92. The van der Waals surface area contributed by atoms with Crippen molar-refractivity contribution in [3.63, 3.8) is 0 Å². The van der Waals surface area contributed by atoms with E-state index in [0.717, 1.165) is 60.3 Å². The minimum absolute atomic E-state index is 0.0805. The number of rotatable bonds is 8. The number of nitrogens with one attached hydrogen (secondary N) is 2. The molecular weight excluding hydrogens is 442 g/mol. The van der Waals surface area contributed by atoms with Crippen LogP contribution in [0.1, 0.15) is 24.5 Å². The highest BCUT2D eigenvalue weighted by Crippen LogP contribution is 2.27. The molecular formula is C25H28F2N4O3. The van der Waals surface area contributed by atoms with Crippen molar-refractivity contribution in [3.8, 4) is 5.75 Å². The van der Waals surface area contributed by atoms with Crippen LogP contribution in [0.2, 0.25) is 0 Å². The Morgan fingerprint density at radius 1 is 1.18 bits per heavy atom. The fourth-order valence-corrected chi connectivity index (χ4v) is 4.24. The Bertz CT molecular complexity index is 1150. The molecule has 0 aliphatic carbocycles. The molecule has 1 amide bonds. The molecule has 2 aromatic carbocycles. The summed E-state index contributed by atoms with van der Waals surface area (Å²) in [6, 6.07) is 10.9. The molecule has 1 atom stereocenters. The second-order valence-corrected chi connectivity index (χ2v) is 8.43. The van der Waals surface area contributed by atoms with Gasteiger partial charge in [0.25, 0.3) is 0 Å². The maximum atomic E-state index is 13.3. The van der Waals surface area contributed by atoms with Crippen LogP contribution in [0.15, 0.2) is 48.7 Å². The van der Waals surface area contributed by atoms with Crippen molar-refractivity contribution in [2.24, 2.45) is 0 Å². The van der Waals surface area contributed by atoms with Gasteiger partial charge in [-0.05, 0) is 67.9 Å². The molecule has 0 saturated carbocycles. The fourth-order valence-electron chi connectivity index (χ4n) is 4.24. The second-order valence-electron chi connectivity index (χ2n) is 8.43. The summed E-state index contributed by atoms with van der Waals surface area (Å²) in [4.78, 5) is 18.7. The number of ether oxygens (including phenoxy) is 1. The highest BCUT2D eigenvalue weighted by atomic mass is 19.2. The standard InChI is InChI=1S/C25H28F2N4O3/c1-34-18-3-5-23-20(13-18)19(6-9-28-23)24(32)15-31-10-7-16(8-11-31)29-14-25(33)30-17-2-4-21(26)22(27)12-17/h2-6,9,12-13,16,24,29,32H,7-8,10-11,14-15H2,1H3,(H,30,33)/t24-/m0/s1. The number of nitrogens with zero attached hydrogens (tertiary/aromatic N) is 2. The van der Waals surface area contributed by atoms with Crippen LogP contribution in [-0.4, -0.2) is 60.2 Å². The number of anilines is 1. The van der Waals surface area contributed by atoms with Crippen molar-refractivity contribution in [2.45, 2.75) is 25.0 Å². The van der Waals surface area contributed by atoms with Gasteiger partial charge in [-0.3, -0.25) is 9.78 Å². The number of fused-ring (bicyclic) bond motifs is 1. The zero-order chi connectivity index (χ0) is 24.1. The van der Waals surface area contributed by atoms with E-state index in [1.54, 1.807) is 13.3 Å². The molecule has 180 valence electrons. The first kappa shape index (κ1) is 24.0. The molecule has 1 aromatic heterocycles. The second kappa shape index (κ2) is 10.9. The average molecular weight is 471 g/mol. The van der Waals surface area contributed by atoms with Crippen molar-refractivity contribution in [2.75, 3.05) is 38.6 Å². The number of methoxy groups -OCH3 is 1. The molecule has 3 N–H and O–H groups in total. The SMILES string of the molecule is COc1ccc2nccc([C@@H](O)CN3CCC(NCC(=O)Nc4ccc(F)c(F)c4)CC3)c2c1. The van der Waals surface area contributed by atoms with Gasteiger partial charge in [0, 0.05) is 35.9 Å². The lowest BCUT2D eigenvalue weighted by Gasteiger charge is -2.33. The van der Waals surface area contributed by atoms with Gasteiger partial charge in [-0.2, -0.15) is 0 Å². The Balaban J connectivity index is 1.25. The Hall–Kier alpha value is -3.14. The predicted octanol–water partition coefficient (Wildman–Crippen LogP) is 3.25. The number of halogens is 2. The number of carbonyl (C=O) groups is 1. The van der Waals surface area contributed by atoms with Gasteiger partial charge in [0.1, 0.15) is 5.75 Å². The summed E-state index contributed by atoms with van der Waals surface area (Å²) >= 11 is 0. The third-order valence-corrected chi connectivity index (χ3v) is 6.11. The number of aromatic nitrogens is 1. The molecule has 1 aliphatic heterocycles. The number of hydrogen-bond acceptors (Lipinski definition) is 6. The lowest BCUT2D eigenvalue weighted by molar-refractivity contribution is -0.115. The summed E-state index contributed by atoms with van der Waals surface area (Å²) < 4.78 is 31.6. The number of aliphatic hydroxyl groups excluding tert-OH is 1. The van der Waals surface area contributed by atoms with Gasteiger partial charge in [-0.15, -0.1) is 0 Å². The maximum Gasteiger partial charge on any atom is 0.238 e. The van der Waals surface area contributed by atoms with Crippen molar-refractivity contribution >= 4 is 22.5 Å². The summed E-state index contributed by atoms with van der Waals surface area (Å²) in [7, 11) is 1.61. The predicted molar refractivity (Wildman–Crippen MR) is 126 cm³/mol. The van der Waals surface area contributed by atoms with Gasteiger partial charge >= 0.3 is 0 Å². The maximum absolute atomic E-state index is 13.3. The molecule has 7 nitrogen and oxygen atoms in total. The zero-order valence-corrected chi connectivity index (χ0v) is 18.9. The van der Waals surface area contributed by atoms with E-state index in [1.807, 2.05) is 24.3 Å². The number of aliphatic hydroxyl groups is 1. The molecule has 4 rings (SSSR count). The Labute approximate surface area is 196 Å². The Morgan fingerprint density at radius 2 is 1.97 bits per heavy atom. The number of likely N-dealkylation sites (tertiary alicyclic amines) is 1. The van der Waals surface area contributed by atoms with E-state index in [-0.39, 0.29) is 24.2 Å². The summed E-state index contributed by atoms with van der Waals surface area (Å²) in [6.07, 6.45) is 2.70. The first-order valence-corrected chi connectivity index (χ1v) is 11.2. The van der Waals surface area contributed by atoms with Gasteiger partial charge in [-0.1, -0.05) is 0 Å². The number of pyridine rings is 1. The molecule has 0 radical (unpaired) electrons. The number of carbonyl (C=O) groups excluding carboxylic acids is 1. The molecule has 1 fully saturated rings. The lowest BCUT2D eigenvalue weighted by Crippen LogP contribution is -2.45. The number of hydrogen-bond donors (Lipinski definition) is 3. The minimum Gasteiger partial charge on any atom is -0.497 e. The molecule has 0 spiro atoms. The molecule has 3 aromatic rings. The lowest BCUT2D eigenvalue weighted by atomic mass is 10.0. The van der Waals surface area contributed by atoms with Crippen LogP contribution in [-0.2, 0) is 4.79 Å². The van der Waals surface area contributed by atoms with Crippen LogP contribution in [0.25, 0.3) is 10.9 Å². The van der Waals surface area contributed by atoms with E-state index in [9.17, 15) is 18.7 Å². The summed E-state index contributed by atoms with van der Waals surface area (Å²) in [5, 5.41) is 17.6. The van der Waals surface area contributed by atoms with E-state index in [1.165, 1.54) is 6.07 Å². The van der Waals surface area contributed by atoms with Crippen LogP contribution >= 0.6 is 0 Å². The third kappa shape index (κ3) is 5.85. The average Bonchev–Trinajstić information content (AvgIpc) is 2.85. The molecule has 0 bridgehead atoms. The number of amides is 1. The van der Waals surface area contributed by atoms with Crippen molar-refractivity contribution in [1.29, 1.82) is 0 Å². The molecule has 34 heavy (non-hydrogen) atoms. The van der Waals surface area contributed by atoms with E-state index in [2.05, 4.69) is 20.5 Å². The molecule has 1 aliphatic rings. The van der Waals surface area contributed by atoms with Gasteiger partial charge in [0.05, 0.1) is 25.3 Å². The first-order valence-electron chi connectivity index (χ1n) is 11.2. The first-order chi connectivity index (χ1) is 16.4. The van der Waals surface area contributed by atoms with E-state index in [0.29, 0.717) is 6.54 Å². The van der Waals surface area contributed by atoms with Crippen LogP contribution < -0.4 is 15.4 Å². The minimum atomic E-state index is -1.00. The highest BCUT2D eigenvalue weighted by Gasteiger charge is 2.23. The van der Waals surface area contributed by atoms with E-state index in [4.69, 9.17) is 4.74 Å². The van der Waals surface area contributed by atoms with E-state index < -0.39 is 17.7 Å².